The average molecular weight is 195 g/mol. The number of hydrogen-bond donors (Lipinski definition) is 2. The van der Waals surface area contributed by atoms with Crippen LogP contribution in [0.15, 0.2) is 18.3 Å². The molecule has 78 valence electrons. The van der Waals surface area contributed by atoms with Gasteiger partial charge in [0.05, 0.1) is 6.61 Å². The van der Waals surface area contributed by atoms with Crippen LogP contribution < -0.4 is 10.6 Å². The van der Waals surface area contributed by atoms with Crippen molar-refractivity contribution in [1.29, 1.82) is 0 Å². The Morgan fingerprint density at radius 1 is 1.50 bits per heavy atom. The lowest BCUT2D eigenvalue weighted by atomic mass is 10.2. The van der Waals surface area contributed by atoms with Gasteiger partial charge in [-0.2, -0.15) is 0 Å². The Balaban J connectivity index is 2.55. The number of pyridine rings is 1. The number of anilines is 1. The summed E-state index contributed by atoms with van der Waals surface area (Å²) in [6, 6.07) is 3.99. The first-order valence-corrected chi connectivity index (χ1v) is 4.69. The second kappa shape index (κ2) is 6.34. The van der Waals surface area contributed by atoms with Crippen molar-refractivity contribution in [3.63, 3.8) is 0 Å². The third-order valence-electron chi connectivity index (χ3n) is 1.86. The van der Waals surface area contributed by atoms with Gasteiger partial charge in [0, 0.05) is 32.0 Å². The Hall–Kier alpha value is -1.13. The summed E-state index contributed by atoms with van der Waals surface area (Å²) in [5, 5.41) is 6.33. The second-order valence-electron chi connectivity index (χ2n) is 2.96. The van der Waals surface area contributed by atoms with Crippen LogP contribution in [0.4, 0.5) is 5.82 Å². The van der Waals surface area contributed by atoms with E-state index in [2.05, 4.69) is 21.7 Å². The summed E-state index contributed by atoms with van der Waals surface area (Å²) in [4.78, 5) is 4.26. The summed E-state index contributed by atoms with van der Waals surface area (Å²) in [5.74, 6) is 0.930. The van der Waals surface area contributed by atoms with Gasteiger partial charge >= 0.3 is 0 Å². The van der Waals surface area contributed by atoms with Crippen LogP contribution in [0.2, 0.25) is 0 Å². The number of hydrogen-bond acceptors (Lipinski definition) is 4. The first kappa shape index (κ1) is 10.9. The van der Waals surface area contributed by atoms with E-state index in [-0.39, 0.29) is 0 Å². The zero-order valence-electron chi connectivity index (χ0n) is 8.71. The van der Waals surface area contributed by atoms with Crippen molar-refractivity contribution in [2.24, 2.45) is 0 Å². The van der Waals surface area contributed by atoms with E-state index < -0.39 is 0 Å². The molecule has 1 aromatic rings. The molecule has 4 nitrogen and oxygen atoms in total. The van der Waals surface area contributed by atoms with E-state index in [0.717, 1.165) is 18.9 Å². The van der Waals surface area contributed by atoms with E-state index in [0.29, 0.717) is 6.61 Å². The Labute approximate surface area is 84.7 Å². The molecule has 4 heteroatoms. The molecule has 0 spiro atoms. The van der Waals surface area contributed by atoms with Gasteiger partial charge < -0.3 is 15.4 Å². The quantitative estimate of drug-likeness (QED) is 0.661. The summed E-state index contributed by atoms with van der Waals surface area (Å²) in [7, 11) is 3.61. The molecule has 0 aromatic carbocycles. The van der Waals surface area contributed by atoms with Gasteiger partial charge in [-0.05, 0) is 13.1 Å². The van der Waals surface area contributed by atoms with Gasteiger partial charge in [0.15, 0.2) is 0 Å². The molecule has 0 aliphatic heterocycles. The monoisotopic (exact) mass is 195 g/mol. The fourth-order valence-electron chi connectivity index (χ4n) is 1.20. The van der Waals surface area contributed by atoms with Gasteiger partial charge in [0.2, 0.25) is 0 Å². The largest absolute Gasteiger partial charge is 0.383 e. The molecule has 0 amide bonds. The molecule has 1 aromatic heterocycles. The maximum atomic E-state index is 4.96. The van der Waals surface area contributed by atoms with Crippen LogP contribution in [0, 0.1) is 0 Å². The van der Waals surface area contributed by atoms with Crippen LogP contribution in [0.5, 0.6) is 0 Å². The predicted molar refractivity (Wildman–Crippen MR) is 57.4 cm³/mol. The maximum absolute atomic E-state index is 4.96. The number of nitrogens with one attached hydrogen (secondary N) is 2. The van der Waals surface area contributed by atoms with Gasteiger partial charge in [-0.3, -0.25) is 0 Å². The van der Waals surface area contributed by atoms with E-state index in [1.165, 1.54) is 5.56 Å². The Morgan fingerprint density at radius 3 is 3.07 bits per heavy atom. The number of rotatable bonds is 6. The van der Waals surface area contributed by atoms with Crippen LogP contribution in [0.3, 0.4) is 0 Å². The Bertz CT molecular complexity index is 265. The van der Waals surface area contributed by atoms with E-state index in [4.69, 9.17) is 4.74 Å². The minimum absolute atomic E-state index is 0.690. The Kier molecular flexibility index (Phi) is 4.96. The van der Waals surface area contributed by atoms with Gasteiger partial charge in [-0.25, -0.2) is 4.98 Å². The summed E-state index contributed by atoms with van der Waals surface area (Å²) in [5.41, 5.74) is 1.17. The Morgan fingerprint density at radius 2 is 2.36 bits per heavy atom. The minimum Gasteiger partial charge on any atom is -0.383 e. The number of nitrogens with zero attached hydrogens (tertiary/aromatic N) is 1. The third kappa shape index (κ3) is 3.32. The molecule has 0 aliphatic carbocycles. The van der Waals surface area contributed by atoms with Gasteiger partial charge in [-0.15, -0.1) is 0 Å². The molecule has 0 unspecified atom stereocenters. The topological polar surface area (TPSA) is 46.2 Å². The first-order valence-electron chi connectivity index (χ1n) is 4.69. The highest BCUT2D eigenvalue weighted by Crippen LogP contribution is 2.09. The normalized spacial score (nSPS) is 10.1. The van der Waals surface area contributed by atoms with Crippen molar-refractivity contribution >= 4 is 5.82 Å². The molecular formula is C10H17N3O. The van der Waals surface area contributed by atoms with Crippen LogP contribution >= 0.6 is 0 Å². The van der Waals surface area contributed by atoms with E-state index in [1.807, 2.05) is 13.1 Å². The molecule has 0 saturated carbocycles. The molecule has 0 bridgehead atoms. The summed E-state index contributed by atoms with van der Waals surface area (Å²) < 4.78 is 4.96. The molecule has 0 aliphatic rings. The fraction of sp³-hybridized carbons (Fsp3) is 0.500. The molecule has 2 N–H and O–H groups in total. The first-order chi connectivity index (χ1) is 6.88. The highest BCUT2D eigenvalue weighted by molar-refractivity contribution is 5.43. The molecule has 0 radical (unpaired) electrons. The van der Waals surface area contributed by atoms with Crippen molar-refractivity contribution in [3.8, 4) is 0 Å². The van der Waals surface area contributed by atoms with Crippen LogP contribution in [-0.2, 0) is 11.3 Å². The molecule has 0 fully saturated rings. The van der Waals surface area contributed by atoms with Crippen molar-refractivity contribution in [2.75, 3.05) is 32.6 Å². The lowest BCUT2D eigenvalue weighted by Crippen LogP contribution is -2.13. The van der Waals surface area contributed by atoms with Crippen molar-refractivity contribution < 1.29 is 4.74 Å². The van der Waals surface area contributed by atoms with Gasteiger partial charge in [-0.1, -0.05) is 6.07 Å². The fourth-order valence-corrected chi connectivity index (χ4v) is 1.20. The van der Waals surface area contributed by atoms with E-state index >= 15 is 0 Å². The van der Waals surface area contributed by atoms with Gasteiger partial charge in [0.1, 0.15) is 5.82 Å². The molecular weight excluding hydrogens is 178 g/mol. The molecule has 0 atom stereocenters. The third-order valence-corrected chi connectivity index (χ3v) is 1.86. The average Bonchev–Trinajstić information content (AvgIpc) is 2.21. The highest BCUT2D eigenvalue weighted by Gasteiger charge is 2.00. The van der Waals surface area contributed by atoms with Crippen molar-refractivity contribution in [2.45, 2.75) is 6.54 Å². The highest BCUT2D eigenvalue weighted by atomic mass is 16.5. The van der Waals surface area contributed by atoms with Crippen LogP contribution in [0.1, 0.15) is 5.56 Å². The summed E-state index contributed by atoms with van der Waals surface area (Å²) >= 11 is 0. The zero-order valence-corrected chi connectivity index (χ0v) is 8.71. The molecule has 1 heterocycles. The molecule has 14 heavy (non-hydrogen) atoms. The number of methoxy groups -OCH3 is 1. The standard InChI is InChI=1S/C10H17N3O/c1-11-8-9-4-3-5-12-10(9)13-6-7-14-2/h3-5,11H,6-8H2,1-2H3,(H,12,13). The lowest BCUT2D eigenvalue weighted by molar-refractivity contribution is 0.210. The van der Waals surface area contributed by atoms with E-state index in [1.54, 1.807) is 13.3 Å². The number of ether oxygens (including phenoxy) is 1. The lowest BCUT2D eigenvalue weighted by Gasteiger charge is -2.09. The smallest absolute Gasteiger partial charge is 0.130 e. The summed E-state index contributed by atoms with van der Waals surface area (Å²) in [6.07, 6.45) is 1.79. The zero-order chi connectivity index (χ0) is 10.2. The predicted octanol–water partition coefficient (Wildman–Crippen LogP) is 0.859. The van der Waals surface area contributed by atoms with Crippen LogP contribution in [0.25, 0.3) is 0 Å². The maximum Gasteiger partial charge on any atom is 0.130 e. The van der Waals surface area contributed by atoms with Gasteiger partial charge in [0.25, 0.3) is 0 Å². The number of aromatic nitrogens is 1. The molecule has 1 rings (SSSR count). The summed E-state index contributed by atoms with van der Waals surface area (Å²) in [6.45, 7) is 2.29. The second-order valence-corrected chi connectivity index (χ2v) is 2.96. The molecule has 0 saturated heterocycles. The minimum atomic E-state index is 0.690. The van der Waals surface area contributed by atoms with Crippen molar-refractivity contribution in [1.82, 2.24) is 10.3 Å². The van der Waals surface area contributed by atoms with Crippen molar-refractivity contribution in [3.05, 3.63) is 23.9 Å². The SMILES string of the molecule is CNCc1cccnc1NCCOC. The van der Waals surface area contributed by atoms with E-state index in [9.17, 15) is 0 Å². The van der Waals surface area contributed by atoms with Crippen LogP contribution in [-0.4, -0.2) is 32.3 Å².